The molecule has 0 N–H and O–H groups in total. The van der Waals surface area contributed by atoms with Crippen LogP contribution in [0.1, 0.15) is 52.8 Å². The molecular formula is C20H24N2O5. The third-order valence-corrected chi connectivity index (χ3v) is 4.50. The molecule has 0 spiro atoms. The smallest absolute Gasteiger partial charge is 0.275 e. The third-order valence-electron chi connectivity index (χ3n) is 4.50. The fourth-order valence-corrected chi connectivity index (χ4v) is 2.98. The molecule has 0 bridgehead atoms. The van der Waals surface area contributed by atoms with Crippen molar-refractivity contribution in [1.82, 2.24) is 10.1 Å². The van der Waals surface area contributed by atoms with Gasteiger partial charge in [0.1, 0.15) is 12.4 Å². The van der Waals surface area contributed by atoms with Gasteiger partial charge in [0, 0.05) is 31.8 Å². The van der Waals surface area contributed by atoms with Crippen molar-refractivity contribution in [2.75, 3.05) is 20.2 Å². The number of hydrogen-bond acceptors (Lipinski definition) is 6. The molecule has 0 saturated carbocycles. The first-order valence-electron chi connectivity index (χ1n) is 9.09. The third kappa shape index (κ3) is 5.17. The first-order chi connectivity index (χ1) is 13.0. The number of hydrogen-bond donors (Lipinski definition) is 0. The number of rotatable bonds is 7. The Morgan fingerprint density at radius 1 is 1.30 bits per heavy atom. The summed E-state index contributed by atoms with van der Waals surface area (Å²) in [6, 6.07) is 8.49. The summed E-state index contributed by atoms with van der Waals surface area (Å²) in [5.41, 5.74) is 0.817. The molecule has 1 aromatic heterocycles. The highest BCUT2D eigenvalue weighted by molar-refractivity contribution is 5.94. The van der Waals surface area contributed by atoms with E-state index in [1.807, 2.05) is 0 Å². The minimum atomic E-state index is -0.210. The number of Topliss-reactive ketones (excluding diaryl/α,β-unsaturated/α-hetero) is 1. The van der Waals surface area contributed by atoms with Crippen molar-refractivity contribution < 1.29 is 23.6 Å². The van der Waals surface area contributed by atoms with Gasteiger partial charge in [-0.3, -0.25) is 9.59 Å². The summed E-state index contributed by atoms with van der Waals surface area (Å²) in [4.78, 5) is 25.5. The predicted molar refractivity (Wildman–Crippen MR) is 97.8 cm³/mol. The molecular weight excluding hydrogens is 348 g/mol. The van der Waals surface area contributed by atoms with Gasteiger partial charge in [-0.05, 0) is 38.3 Å². The summed E-state index contributed by atoms with van der Waals surface area (Å²) in [6.07, 6.45) is 3.25. The molecule has 0 aliphatic carbocycles. The van der Waals surface area contributed by atoms with Gasteiger partial charge in [0.05, 0.1) is 6.10 Å². The predicted octanol–water partition coefficient (Wildman–Crippen LogP) is 3.10. The molecule has 0 radical (unpaired) electrons. The van der Waals surface area contributed by atoms with E-state index in [1.54, 1.807) is 42.3 Å². The summed E-state index contributed by atoms with van der Waals surface area (Å²) >= 11 is 0. The number of ketones is 1. The minimum absolute atomic E-state index is 0.0296. The van der Waals surface area contributed by atoms with Crippen molar-refractivity contribution in [2.45, 2.75) is 38.9 Å². The van der Waals surface area contributed by atoms with Crippen LogP contribution in [-0.4, -0.2) is 48.1 Å². The lowest BCUT2D eigenvalue weighted by Gasteiger charge is -2.26. The van der Waals surface area contributed by atoms with Gasteiger partial charge in [-0.1, -0.05) is 17.3 Å². The van der Waals surface area contributed by atoms with Gasteiger partial charge in [-0.2, -0.15) is 0 Å². The van der Waals surface area contributed by atoms with Crippen LogP contribution in [0, 0.1) is 0 Å². The number of nitrogens with zero attached hydrogens (tertiary/aromatic N) is 2. The van der Waals surface area contributed by atoms with E-state index in [2.05, 4.69) is 5.16 Å². The Morgan fingerprint density at radius 2 is 2.15 bits per heavy atom. The summed E-state index contributed by atoms with van der Waals surface area (Å²) in [5.74, 6) is 0.753. The molecule has 2 heterocycles. The van der Waals surface area contributed by atoms with E-state index in [4.69, 9.17) is 14.0 Å². The molecule has 1 aliphatic heterocycles. The van der Waals surface area contributed by atoms with Gasteiger partial charge in [0.25, 0.3) is 5.91 Å². The van der Waals surface area contributed by atoms with Gasteiger partial charge < -0.3 is 18.9 Å². The minimum Gasteiger partial charge on any atom is -0.486 e. The lowest BCUT2D eigenvalue weighted by molar-refractivity contribution is -0.000360. The Morgan fingerprint density at radius 3 is 2.89 bits per heavy atom. The number of benzene rings is 1. The van der Waals surface area contributed by atoms with E-state index < -0.39 is 0 Å². The zero-order chi connectivity index (χ0) is 19.2. The second-order valence-corrected chi connectivity index (χ2v) is 6.73. The molecule has 7 heteroatoms. The first-order valence-corrected chi connectivity index (χ1v) is 9.09. The Kier molecular flexibility index (Phi) is 6.24. The fraction of sp³-hybridized carbons (Fsp3) is 0.450. The second kappa shape index (κ2) is 8.81. The number of ether oxygens (including phenoxy) is 2. The maximum atomic E-state index is 12.5. The lowest BCUT2D eigenvalue weighted by Crippen LogP contribution is -2.37. The average Bonchev–Trinajstić information content (AvgIpc) is 3.15. The highest BCUT2D eigenvalue weighted by atomic mass is 16.5. The topological polar surface area (TPSA) is 81.9 Å². The molecule has 1 aliphatic rings. The molecule has 1 aromatic carbocycles. The van der Waals surface area contributed by atoms with Gasteiger partial charge in [0.2, 0.25) is 0 Å². The average molecular weight is 372 g/mol. The van der Waals surface area contributed by atoms with E-state index in [1.165, 1.54) is 6.92 Å². The van der Waals surface area contributed by atoms with Gasteiger partial charge in [-0.15, -0.1) is 0 Å². The summed E-state index contributed by atoms with van der Waals surface area (Å²) in [6.45, 7) is 2.91. The highest BCUT2D eigenvalue weighted by Gasteiger charge is 2.22. The first kappa shape index (κ1) is 19.1. The van der Waals surface area contributed by atoms with Crippen molar-refractivity contribution in [3.63, 3.8) is 0 Å². The Bertz CT molecular complexity index is 795. The van der Waals surface area contributed by atoms with E-state index in [-0.39, 0.29) is 30.1 Å². The van der Waals surface area contributed by atoms with Crippen LogP contribution in [0.15, 0.2) is 34.9 Å². The standard InChI is InChI=1S/C20H24N2O5/c1-14(23)15-6-5-8-16(10-15)26-13-18-11-19(21-27-18)20(24)22(2)12-17-7-3-4-9-25-17/h5-6,8,10-11,17H,3-4,7,9,12-13H2,1-2H3. The van der Waals surface area contributed by atoms with E-state index in [0.717, 1.165) is 25.9 Å². The molecule has 1 saturated heterocycles. The van der Waals surface area contributed by atoms with Crippen LogP contribution >= 0.6 is 0 Å². The molecule has 1 fully saturated rings. The number of amides is 1. The lowest BCUT2D eigenvalue weighted by atomic mass is 10.1. The van der Waals surface area contributed by atoms with Crippen molar-refractivity contribution >= 4 is 11.7 Å². The summed E-state index contributed by atoms with van der Waals surface area (Å²) < 4.78 is 16.5. The SMILES string of the molecule is CC(=O)c1cccc(OCc2cc(C(=O)N(C)CC3CCCCO3)no2)c1. The van der Waals surface area contributed by atoms with E-state index in [0.29, 0.717) is 23.6 Å². The van der Waals surface area contributed by atoms with Crippen LogP contribution in [-0.2, 0) is 11.3 Å². The largest absolute Gasteiger partial charge is 0.486 e. The van der Waals surface area contributed by atoms with Crippen LogP contribution in [0.5, 0.6) is 5.75 Å². The van der Waals surface area contributed by atoms with Crippen molar-refractivity contribution in [3.8, 4) is 5.75 Å². The molecule has 1 atom stereocenters. The van der Waals surface area contributed by atoms with Gasteiger partial charge in [0.15, 0.2) is 17.2 Å². The van der Waals surface area contributed by atoms with E-state index in [9.17, 15) is 9.59 Å². The van der Waals surface area contributed by atoms with Crippen molar-refractivity contribution in [2.24, 2.45) is 0 Å². The number of carbonyl (C=O) groups excluding carboxylic acids is 2. The molecule has 1 amide bonds. The van der Waals surface area contributed by atoms with Crippen LogP contribution in [0.2, 0.25) is 0 Å². The van der Waals surface area contributed by atoms with Crippen LogP contribution in [0.3, 0.4) is 0 Å². The molecule has 3 rings (SSSR count). The highest BCUT2D eigenvalue weighted by Crippen LogP contribution is 2.17. The van der Waals surface area contributed by atoms with Crippen LogP contribution < -0.4 is 4.74 Å². The Hall–Kier alpha value is -2.67. The van der Waals surface area contributed by atoms with Gasteiger partial charge >= 0.3 is 0 Å². The van der Waals surface area contributed by atoms with E-state index >= 15 is 0 Å². The maximum absolute atomic E-state index is 12.5. The fourth-order valence-electron chi connectivity index (χ4n) is 2.98. The zero-order valence-corrected chi connectivity index (χ0v) is 15.6. The normalized spacial score (nSPS) is 16.7. The number of likely N-dealkylation sites (N-methyl/N-ethyl adjacent to an activating group) is 1. The van der Waals surface area contributed by atoms with Crippen molar-refractivity contribution in [3.05, 3.63) is 47.3 Å². The number of carbonyl (C=O) groups is 2. The van der Waals surface area contributed by atoms with Gasteiger partial charge in [-0.25, -0.2) is 0 Å². The number of aromatic nitrogens is 1. The molecule has 1 unspecified atom stereocenters. The zero-order valence-electron chi connectivity index (χ0n) is 15.6. The second-order valence-electron chi connectivity index (χ2n) is 6.73. The molecule has 27 heavy (non-hydrogen) atoms. The molecule has 7 nitrogen and oxygen atoms in total. The summed E-state index contributed by atoms with van der Waals surface area (Å²) in [7, 11) is 1.73. The quantitative estimate of drug-likeness (QED) is 0.695. The maximum Gasteiger partial charge on any atom is 0.275 e. The monoisotopic (exact) mass is 372 g/mol. The molecule has 144 valence electrons. The molecule has 2 aromatic rings. The summed E-state index contributed by atoms with van der Waals surface area (Å²) in [5, 5.41) is 3.85. The Labute approximate surface area is 158 Å². The van der Waals surface area contributed by atoms with Crippen LogP contribution in [0.4, 0.5) is 0 Å². The van der Waals surface area contributed by atoms with Crippen molar-refractivity contribution in [1.29, 1.82) is 0 Å². The van der Waals surface area contributed by atoms with Crippen LogP contribution in [0.25, 0.3) is 0 Å². The Balaban J connectivity index is 1.55.